The molecule has 0 aliphatic carbocycles. The zero-order valence-electron chi connectivity index (χ0n) is 23.3. The predicted octanol–water partition coefficient (Wildman–Crippen LogP) is 6.96. The van der Waals surface area contributed by atoms with Gasteiger partial charge in [0.1, 0.15) is 0 Å². The van der Waals surface area contributed by atoms with E-state index in [1.54, 1.807) is 14.2 Å². The molecule has 1 saturated heterocycles. The summed E-state index contributed by atoms with van der Waals surface area (Å²) >= 11 is 14.1. The molecule has 1 aliphatic heterocycles. The summed E-state index contributed by atoms with van der Waals surface area (Å²) in [4.78, 5) is 9.58. The van der Waals surface area contributed by atoms with Crippen LogP contribution in [0.3, 0.4) is 0 Å². The van der Waals surface area contributed by atoms with Gasteiger partial charge in [-0.25, -0.2) is 9.97 Å². The number of halogens is 2. The number of ether oxygens (including phenoxy) is 2. The van der Waals surface area contributed by atoms with Crippen molar-refractivity contribution in [3.63, 3.8) is 0 Å². The lowest BCUT2D eigenvalue weighted by Crippen LogP contribution is -2.14. The van der Waals surface area contributed by atoms with E-state index >= 15 is 0 Å². The first-order chi connectivity index (χ1) is 20.0. The van der Waals surface area contributed by atoms with Crippen molar-refractivity contribution in [1.82, 2.24) is 15.3 Å². The Hall–Kier alpha value is -3.20. The molecule has 0 amide bonds. The number of nitrogens with one attached hydrogen (secondary N) is 1. The van der Waals surface area contributed by atoms with Crippen molar-refractivity contribution in [3.05, 3.63) is 81.8 Å². The predicted molar refractivity (Wildman–Crippen MR) is 167 cm³/mol. The van der Waals surface area contributed by atoms with E-state index in [0.29, 0.717) is 34.0 Å². The number of hydrogen-bond acceptors (Lipinski definition) is 7. The number of nitrogens with zero attached hydrogens (tertiary/aromatic N) is 2. The van der Waals surface area contributed by atoms with Crippen LogP contribution in [-0.4, -0.2) is 37.3 Å². The summed E-state index contributed by atoms with van der Waals surface area (Å²) in [6.07, 6.45) is 3.77. The highest BCUT2D eigenvalue weighted by Gasteiger charge is 2.23. The van der Waals surface area contributed by atoms with Gasteiger partial charge in [-0.05, 0) is 63.0 Å². The van der Waals surface area contributed by atoms with Crippen LogP contribution in [0.4, 0.5) is 0 Å². The smallest absolute Gasteiger partial charge is 0.218 e. The van der Waals surface area contributed by atoms with Gasteiger partial charge in [-0.2, -0.15) is 0 Å². The molecule has 3 heterocycles. The molecule has 2 atom stereocenters. The maximum atomic E-state index is 7.05. The number of methoxy groups -OCH3 is 2. The highest BCUT2D eigenvalue weighted by Crippen LogP contribution is 2.43. The highest BCUT2D eigenvalue weighted by molar-refractivity contribution is 6.39. The molecule has 0 saturated carbocycles. The zero-order valence-corrected chi connectivity index (χ0v) is 24.8. The van der Waals surface area contributed by atoms with Crippen LogP contribution in [0.15, 0.2) is 60.7 Å². The Kier molecular flexibility index (Phi) is 9.42. The van der Waals surface area contributed by atoms with E-state index in [9.17, 15) is 0 Å². The molecular weight excluding hydrogens is 557 g/mol. The van der Waals surface area contributed by atoms with Crippen LogP contribution >= 0.6 is 23.2 Å². The monoisotopic (exact) mass is 591 g/mol. The molecule has 1 fully saturated rings. The van der Waals surface area contributed by atoms with Crippen molar-refractivity contribution < 1.29 is 9.47 Å². The van der Waals surface area contributed by atoms with Gasteiger partial charge < -0.3 is 26.3 Å². The summed E-state index contributed by atoms with van der Waals surface area (Å²) in [5.41, 5.74) is 18.5. The van der Waals surface area contributed by atoms with Gasteiger partial charge in [0.2, 0.25) is 11.8 Å². The summed E-state index contributed by atoms with van der Waals surface area (Å²) in [6, 6.07) is 19.7. The molecule has 1 unspecified atom stereocenters. The average molecular weight is 593 g/mol. The summed E-state index contributed by atoms with van der Waals surface area (Å²) in [6.45, 7) is 1.58. The van der Waals surface area contributed by atoms with Crippen LogP contribution in [0.5, 0.6) is 11.8 Å². The zero-order chi connectivity index (χ0) is 28.9. The van der Waals surface area contributed by atoms with E-state index in [4.69, 9.17) is 54.1 Å². The van der Waals surface area contributed by atoms with Crippen molar-refractivity contribution in [1.29, 1.82) is 0 Å². The summed E-state index contributed by atoms with van der Waals surface area (Å²) in [5, 5.41) is 4.60. The van der Waals surface area contributed by atoms with Crippen molar-refractivity contribution in [2.45, 2.75) is 37.8 Å². The van der Waals surface area contributed by atoms with Crippen LogP contribution in [0.25, 0.3) is 33.6 Å². The first kappa shape index (κ1) is 29.3. The van der Waals surface area contributed by atoms with E-state index in [1.807, 2.05) is 54.6 Å². The van der Waals surface area contributed by atoms with Crippen molar-refractivity contribution >= 4 is 23.2 Å². The summed E-state index contributed by atoms with van der Waals surface area (Å²) in [5.74, 6) is 1.08. The molecule has 1 aliphatic rings. The fourth-order valence-electron chi connectivity index (χ4n) is 5.40. The molecule has 0 spiro atoms. The largest absolute Gasteiger partial charge is 0.481 e. The van der Waals surface area contributed by atoms with E-state index in [-0.39, 0.29) is 12.1 Å². The van der Waals surface area contributed by atoms with Crippen LogP contribution in [0, 0.1) is 0 Å². The topological polar surface area (TPSA) is 108 Å². The third kappa shape index (κ3) is 6.05. The van der Waals surface area contributed by atoms with Crippen LogP contribution in [-0.2, 0) is 0 Å². The second-order valence-electron chi connectivity index (χ2n) is 10.1. The van der Waals surface area contributed by atoms with Gasteiger partial charge in [0.05, 0.1) is 35.7 Å². The second kappa shape index (κ2) is 13.2. The Balaban J connectivity index is 1.51. The molecule has 214 valence electrons. The van der Waals surface area contributed by atoms with Crippen molar-refractivity contribution in [3.8, 4) is 45.4 Å². The minimum atomic E-state index is -0.214. The Morgan fingerprint density at radius 1 is 0.854 bits per heavy atom. The SMILES string of the molecule is COc1nc(-c2cccc(-c3cccc(-c4ccc([C@@H](N)CCCN)c(OC)n4)c3Cl)c2Cl)ccc1C1CCCN1. The molecule has 41 heavy (non-hydrogen) atoms. The first-order valence-corrected chi connectivity index (χ1v) is 14.6. The minimum Gasteiger partial charge on any atom is -0.481 e. The molecule has 4 aromatic rings. The lowest BCUT2D eigenvalue weighted by molar-refractivity contribution is 0.387. The van der Waals surface area contributed by atoms with Gasteiger partial charge in [-0.3, -0.25) is 0 Å². The number of rotatable bonds is 10. The average Bonchev–Trinajstić information content (AvgIpc) is 3.54. The van der Waals surface area contributed by atoms with Crippen LogP contribution < -0.4 is 26.3 Å². The van der Waals surface area contributed by atoms with E-state index in [1.165, 1.54) is 0 Å². The Labute approximate surface area is 251 Å². The lowest BCUT2D eigenvalue weighted by Gasteiger charge is -2.17. The standard InChI is InChI=1S/C32H35Cl2N5O2/c1-40-31-21(25(36)11-5-17-35)13-15-27(38-31)22-9-3-7-19(29(22)33)20-8-4-10-23(30(20)34)28-16-14-24(32(39-28)41-2)26-12-6-18-37-26/h3-4,7-10,13-16,25-26,37H,5-6,11-12,17-18,35-36H2,1-2H3/t25-,26?/m0/s1. The molecule has 9 heteroatoms. The van der Waals surface area contributed by atoms with Gasteiger partial charge in [0, 0.05) is 45.5 Å². The van der Waals surface area contributed by atoms with Gasteiger partial charge >= 0.3 is 0 Å². The number of aromatic nitrogens is 2. The Morgan fingerprint density at radius 3 is 2.00 bits per heavy atom. The second-order valence-corrected chi connectivity index (χ2v) is 10.9. The highest BCUT2D eigenvalue weighted by atomic mass is 35.5. The number of hydrogen-bond donors (Lipinski definition) is 3. The molecule has 2 aromatic carbocycles. The van der Waals surface area contributed by atoms with Crippen LogP contribution in [0.1, 0.15) is 48.9 Å². The first-order valence-electron chi connectivity index (χ1n) is 13.8. The van der Waals surface area contributed by atoms with Gasteiger partial charge in [-0.15, -0.1) is 0 Å². The molecule has 7 nitrogen and oxygen atoms in total. The molecule has 2 aromatic heterocycles. The third-order valence-corrected chi connectivity index (χ3v) is 8.37. The normalized spacial score (nSPS) is 15.6. The van der Waals surface area contributed by atoms with Crippen LogP contribution in [0.2, 0.25) is 10.0 Å². The quantitative estimate of drug-likeness (QED) is 0.183. The molecule has 5 N–H and O–H groups in total. The maximum absolute atomic E-state index is 7.05. The molecular formula is C32H35Cl2N5O2. The van der Waals surface area contributed by atoms with Gasteiger partial charge in [-0.1, -0.05) is 59.6 Å². The number of pyridine rings is 2. The minimum absolute atomic E-state index is 0.214. The Morgan fingerprint density at radius 2 is 1.44 bits per heavy atom. The Bertz CT molecular complexity index is 1520. The molecule has 0 radical (unpaired) electrons. The van der Waals surface area contributed by atoms with E-state index in [2.05, 4.69) is 11.4 Å². The fourth-order valence-corrected chi connectivity index (χ4v) is 6.04. The number of benzene rings is 2. The molecule has 5 rings (SSSR count). The van der Waals surface area contributed by atoms with Gasteiger partial charge in [0.15, 0.2) is 0 Å². The number of nitrogens with two attached hydrogens (primary N) is 2. The van der Waals surface area contributed by atoms with E-state index in [0.717, 1.165) is 71.3 Å². The van der Waals surface area contributed by atoms with Gasteiger partial charge in [0.25, 0.3) is 0 Å². The van der Waals surface area contributed by atoms with Crippen molar-refractivity contribution in [2.24, 2.45) is 11.5 Å². The van der Waals surface area contributed by atoms with E-state index < -0.39 is 0 Å². The van der Waals surface area contributed by atoms with Crippen molar-refractivity contribution in [2.75, 3.05) is 27.3 Å². The summed E-state index contributed by atoms with van der Waals surface area (Å²) < 4.78 is 11.3. The molecule has 0 bridgehead atoms. The fraction of sp³-hybridized carbons (Fsp3) is 0.312. The third-order valence-electron chi connectivity index (χ3n) is 7.56. The summed E-state index contributed by atoms with van der Waals surface area (Å²) in [7, 11) is 3.24. The maximum Gasteiger partial charge on any atom is 0.218 e. The lowest BCUT2D eigenvalue weighted by atomic mass is 9.97.